The van der Waals surface area contributed by atoms with Gasteiger partial charge in [-0.15, -0.1) is 6.58 Å². The lowest BCUT2D eigenvalue weighted by Gasteiger charge is -2.46. The molecule has 0 spiro atoms. The van der Waals surface area contributed by atoms with E-state index < -0.39 is 18.2 Å². The highest BCUT2D eigenvalue weighted by atomic mass is 32.1. The first kappa shape index (κ1) is 31.6. The number of methoxy groups -OCH3 is 1. The zero-order valence-electron chi connectivity index (χ0n) is 25.8. The number of nitrogens with two attached hydrogens (primary N) is 2. The lowest BCUT2D eigenvalue weighted by molar-refractivity contribution is -0.157. The monoisotopic (exact) mass is 656 g/mol. The molecule has 2 fully saturated rings. The highest BCUT2D eigenvalue weighted by Gasteiger charge is 2.52. The second kappa shape index (κ2) is 13.2. The zero-order chi connectivity index (χ0) is 33.2. The smallest absolute Gasteiger partial charge is 0.332 e. The molecule has 3 aromatic carbocycles. The van der Waals surface area contributed by atoms with E-state index in [-0.39, 0.29) is 62.4 Å². The van der Waals surface area contributed by atoms with Gasteiger partial charge in [-0.25, -0.2) is 9.78 Å². The molecule has 1 aromatic heterocycles. The highest BCUT2D eigenvalue weighted by Crippen LogP contribution is 2.33. The number of benzene rings is 3. The molecule has 0 bridgehead atoms. The Kier molecular flexibility index (Phi) is 8.87. The van der Waals surface area contributed by atoms with Crippen LogP contribution in [0.25, 0.3) is 10.2 Å². The number of fused-ring (bicyclic) bond motifs is 2. The minimum absolute atomic E-state index is 0.0667. The second-order valence-corrected chi connectivity index (χ2v) is 12.5. The van der Waals surface area contributed by atoms with Crippen LogP contribution in [0.4, 0.5) is 15.6 Å². The van der Waals surface area contributed by atoms with Crippen molar-refractivity contribution in [2.75, 3.05) is 38.2 Å². The molecular weight excluding hydrogens is 620 g/mol. The summed E-state index contributed by atoms with van der Waals surface area (Å²) in [5.41, 5.74) is 15.3. The van der Waals surface area contributed by atoms with Gasteiger partial charge >= 0.3 is 6.03 Å². The molecule has 2 aliphatic rings. The van der Waals surface area contributed by atoms with Gasteiger partial charge in [-0.05, 0) is 47.0 Å². The van der Waals surface area contributed by atoms with Gasteiger partial charge in [0.05, 0.1) is 42.6 Å². The summed E-state index contributed by atoms with van der Waals surface area (Å²) >= 11 is 1.37. The fourth-order valence-electron chi connectivity index (χ4n) is 6.14. The van der Waals surface area contributed by atoms with Crippen LogP contribution in [0.15, 0.2) is 73.3 Å². The molecule has 0 radical (unpaired) electrons. The maximum Gasteiger partial charge on any atom is 0.332 e. The van der Waals surface area contributed by atoms with Gasteiger partial charge in [0.1, 0.15) is 23.7 Å². The quantitative estimate of drug-likeness (QED) is 0.114. The van der Waals surface area contributed by atoms with Crippen LogP contribution in [0.5, 0.6) is 11.5 Å². The molecule has 2 atom stereocenters. The maximum absolute atomic E-state index is 14.2. The molecule has 0 unspecified atom stereocenters. The first-order valence-electron chi connectivity index (χ1n) is 15.0. The third-order valence-electron chi connectivity index (χ3n) is 8.42. The predicted octanol–water partition coefficient (Wildman–Crippen LogP) is 2.91. The summed E-state index contributed by atoms with van der Waals surface area (Å²) in [6, 6.07) is 16.5. The van der Waals surface area contributed by atoms with Gasteiger partial charge in [-0.3, -0.25) is 14.6 Å². The van der Waals surface area contributed by atoms with Gasteiger partial charge in [-0.2, -0.15) is 5.01 Å². The number of thiazole rings is 1. The predicted molar refractivity (Wildman–Crippen MR) is 179 cm³/mol. The van der Waals surface area contributed by atoms with Gasteiger partial charge in [0, 0.05) is 19.5 Å². The Hall–Kier alpha value is -5.34. The number of hydrogen-bond donors (Lipinski definition) is 4. The first-order chi connectivity index (χ1) is 22.7. The number of hydrogen-bond acceptors (Lipinski definition) is 10. The highest BCUT2D eigenvalue weighted by molar-refractivity contribution is 7.22. The van der Waals surface area contributed by atoms with Crippen LogP contribution in [0.2, 0.25) is 0 Å². The molecule has 13 nitrogen and oxygen atoms in total. The van der Waals surface area contributed by atoms with E-state index in [4.69, 9.17) is 16.2 Å². The fourth-order valence-corrected chi connectivity index (χ4v) is 6.92. The molecule has 0 saturated carbocycles. The number of nitrogens with one attached hydrogen (secondary N) is 1. The number of aromatic hydroxyl groups is 1. The van der Waals surface area contributed by atoms with Gasteiger partial charge in [0.2, 0.25) is 11.8 Å². The van der Waals surface area contributed by atoms with Crippen molar-refractivity contribution in [2.45, 2.75) is 31.7 Å². The van der Waals surface area contributed by atoms with E-state index in [0.717, 1.165) is 21.3 Å². The molecule has 0 aliphatic carbocycles. The number of carbonyl (C=O) groups excluding carboxylic acids is 3. The summed E-state index contributed by atoms with van der Waals surface area (Å²) in [6.45, 7) is 4.49. The van der Waals surface area contributed by atoms with Crippen LogP contribution in [0.3, 0.4) is 0 Å². The summed E-state index contributed by atoms with van der Waals surface area (Å²) in [7, 11) is 1.59. The second-order valence-electron chi connectivity index (χ2n) is 11.4. The van der Waals surface area contributed by atoms with Crippen LogP contribution in [0, 0.1) is 0 Å². The minimum Gasteiger partial charge on any atom is -0.506 e. The van der Waals surface area contributed by atoms with E-state index in [1.165, 1.54) is 22.4 Å². The number of hydrazine groups is 1. The fraction of sp³-hybridized carbons (Fsp3) is 0.273. The van der Waals surface area contributed by atoms with Crippen molar-refractivity contribution in [3.05, 3.63) is 90.0 Å². The van der Waals surface area contributed by atoms with Crippen molar-refractivity contribution in [3.63, 3.8) is 0 Å². The SMILES string of the molecule is C=CCN(C(=O)NCc1ccc(OC)cc1)N1CC(=O)N2[C@@H](Cc3ccc(O)c(N)c3)C(=O)N(Cc3cccc4sc(N)nc34)C[C@@H]21. The number of urea groups is 1. The van der Waals surface area contributed by atoms with E-state index in [1.54, 1.807) is 40.1 Å². The van der Waals surface area contributed by atoms with E-state index in [1.807, 2.05) is 42.5 Å². The molecule has 6 N–H and O–H groups in total. The summed E-state index contributed by atoms with van der Waals surface area (Å²) in [4.78, 5) is 49.4. The summed E-state index contributed by atoms with van der Waals surface area (Å²) < 4.78 is 6.13. The molecule has 4 amide bonds. The van der Waals surface area contributed by atoms with Crippen molar-refractivity contribution in [1.29, 1.82) is 0 Å². The first-order valence-corrected chi connectivity index (χ1v) is 15.9. The summed E-state index contributed by atoms with van der Waals surface area (Å²) in [5, 5.41) is 16.5. The minimum atomic E-state index is -0.886. The van der Waals surface area contributed by atoms with Crippen molar-refractivity contribution in [1.82, 2.24) is 30.1 Å². The van der Waals surface area contributed by atoms with Crippen LogP contribution >= 0.6 is 11.3 Å². The number of rotatable bonds is 10. The van der Waals surface area contributed by atoms with Gasteiger partial charge in [0.15, 0.2) is 5.13 Å². The zero-order valence-corrected chi connectivity index (χ0v) is 26.7. The number of anilines is 2. The van der Waals surface area contributed by atoms with E-state index >= 15 is 0 Å². The molecule has 47 heavy (non-hydrogen) atoms. The van der Waals surface area contributed by atoms with Crippen LogP contribution in [-0.2, 0) is 29.1 Å². The van der Waals surface area contributed by atoms with E-state index in [0.29, 0.717) is 16.4 Å². The number of nitrogens with zero attached hydrogens (tertiary/aromatic N) is 5. The van der Waals surface area contributed by atoms with Gasteiger partial charge < -0.3 is 36.4 Å². The Morgan fingerprint density at radius 2 is 1.94 bits per heavy atom. The van der Waals surface area contributed by atoms with Gasteiger partial charge in [-0.1, -0.05) is 47.7 Å². The number of para-hydroxylation sites is 1. The average Bonchev–Trinajstić information content (AvgIpc) is 3.61. The van der Waals surface area contributed by atoms with Gasteiger partial charge in [0.25, 0.3) is 0 Å². The largest absolute Gasteiger partial charge is 0.506 e. The van der Waals surface area contributed by atoms with Crippen LogP contribution < -0.4 is 21.5 Å². The Bertz CT molecular complexity index is 1830. The molecule has 4 aromatic rings. The number of aromatic nitrogens is 1. The molecule has 244 valence electrons. The Balaban J connectivity index is 1.31. The number of amides is 4. The van der Waals surface area contributed by atoms with E-state index in [2.05, 4.69) is 16.9 Å². The number of nitrogen functional groups attached to an aromatic ring is 2. The summed E-state index contributed by atoms with van der Waals surface area (Å²) in [5.74, 6) is 0.108. The lowest BCUT2D eigenvalue weighted by atomic mass is 9.99. The lowest BCUT2D eigenvalue weighted by Crippen LogP contribution is -2.66. The maximum atomic E-state index is 14.2. The normalized spacial score (nSPS) is 18.0. The number of carbonyl (C=O) groups is 3. The van der Waals surface area contributed by atoms with Crippen molar-refractivity contribution in [3.8, 4) is 11.5 Å². The molecule has 14 heteroatoms. The number of ether oxygens (including phenoxy) is 1. The standard InChI is InChI=1S/C33H36N8O5S/c1-3-13-39(33(45)36-16-20-7-10-23(46-2)11-8-20)40-19-29(43)41-25(15-21-9-12-26(42)24(34)14-21)31(44)38(18-28(40)41)17-22-5-4-6-27-30(22)37-32(35)47-27/h3-12,14,25,28,42H,1,13,15-19,34H2,2H3,(H2,35,37)(H,36,45)/t25-,28+/m0/s1. The third-order valence-corrected chi connectivity index (χ3v) is 9.27. The molecule has 3 heterocycles. The third kappa shape index (κ3) is 6.37. The number of phenolic OH excluding ortho intramolecular Hbond substituents is 1. The molecule has 6 rings (SSSR count). The van der Waals surface area contributed by atoms with E-state index in [9.17, 15) is 19.5 Å². The van der Waals surface area contributed by atoms with Crippen LogP contribution in [-0.4, -0.2) is 86.7 Å². The van der Waals surface area contributed by atoms with Crippen LogP contribution in [0.1, 0.15) is 16.7 Å². The Morgan fingerprint density at radius 1 is 1.17 bits per heavy atom. The Labute approximate surface area is 275 Å². The average molecular weight is 657 g/mol. The Morgan fingerprint density at radius 3 is 2.66 bits per heavy atom. The van der Waals surface area contributed by atoms with Crippen molar-refractivity contribution in [2.24, 2.45) is 0 Å². The molecular formula is C33H36N8O5S. The van der Waals surface area contributed by atoms with Crippen molar-refractivity contribution >= 4 is 50.2 Å². The molecule has 2 aliphatic heterocycles. The van der Waals surface area contributed by atoms with Crippen molar-refractivity contribution < 1.29 is 24.2 Å². The molecule has 2 saturated heterocycles. The topological polar surface area (TPSA) is 171 Å². The number of phenols is 1. The number of piperazine rings is 1. The summed E-state index contributed by atoms with van der Waals surface area (Å²) in [6.07, 6.45) is 1.11.